The van der Waals surface area contributed by atoms with Gasteiger partial charge in [-0.3, -0.25) is 9.59 Å². The number of hydrogen-bond donors (Lipinski definition) is 1. The van der Waals surface area contributed by atoms with Crippen LogP contribution in [0.5, 0.6) is 0 Å². The molecule has 2 amide bonds. The summed E-state index contributed by atoms with van der Waals surface area (Å²) in [5, 5.41) is 2.95. The first-order valence-corrected chi connectivity index (χ1v) is 10.2. The standard InChI is InChI=1S/C23H28N4O2/c1-3-26(4-2)22(28)17-27-20-14-9-8-13-19(20)25-21(27)15-10-16-24-23(29)18-11-6-5-7-12-18/h5-9,11-14H,3-4,10,15-17H2,1-2H3,(H,24,29). The molecule has 0 aliphatic carbocycles. The first-order chi connectivity index (χ1) is 14.1. The number of fused-ring (bicyclic) bond motifs is 1. The van der Waals surface area contributed by atoms with Gasteiger partial charge in [-0.1, -0.05) is 30.3 Å². The lowest BCUT2D eigenvalue weighted by Gasteiger charge is -2.20. The molecule has 0 aliphatic rings. The van der Waals surface area contributed by atoms with Crippen molar-refractivity contribution in [1.82, 2.24) is 19.8 Å². The lowest BCUT2D eigenvalue weighted by Crippen LogP contribution is -2.33. The first kappa shape index (κ1) is 20.6. The minimum absolute atomic E-state index is 0.0733. The van der Waals surface area contributed by atoms with Crippen LogP contribution < -0.4 is 5.32 Å². The van der Waals surface area contributed by atoms with Gasteiger partial charge in [0, 0.05) is 31.6 Å². The molecule has 0 unspecified atom stereocenters. The Balaban J connectivity index is 1.67. The van der Waals surface area contributed by atoms with Crippen molar-refractivity contribution in [2.24, 2.45) is 0 Å². The van der Waals surface area contributed by atoms with Gasteiger partial charge in [-0.2, -0.15) is 0 Å². The second kappa shape index (κ2) is 9.87. The molecule has 0 radical (unpaired) electrons. The molecule has 29 heavy (non-hydrogen) atoms. The number of aryl methyl sites for hydroxylation is 1. The minimum atomic E-state index is -0.0733. The number of carbonyl (C=O) groups is 2. The van der Waals surface area contributed by atoms with E-state index in [1.54, 1.807) is 12.1 Å². The number of aromatic nitrogens is 2. The predicted octanol–water partition coefficient (Wildman–Crippen LogP) is 3.27. The fourth-order valence-electron chi connectivity index (χ4n) is 3.44. The van der Waals surface area contributed by atoms with Gasteiger partial charge >= 0.3 is 0 Å². The largest absolute Gasteiger partial charge is 0.352 e. The highest BCUT2D eigenvalue weighted by Gasteiger charge is 2.16. The molecule has 0 saturated heterocycles. The third kappa shape index (κ3) is 5.02. The van der Waals surface area contributed by atoms with Crippen LogP contribution in [0.25, 0.3) is 11.0 Å². The number of para-hydroxylation sites is 2. The summed E-state index contributed by atoms with van der Waals surface area (Å²) < 4.78 is 2.01. The van der Waals surface area contributed by atoms with E-state index in [0.717, 1.165) is 23.3 Å². The van der Waals surface area contributed by atoms with E-state index in [9.17, 15) is 9.59 Å². The van der Waals surface area contributed by atoms with Gasteiger partial charge in [0.1, 0.15) is 12.4 Å². The summed E-state index contributed by atoms with van der Waals surface area (Å²) in [6.45, 7) is 6.22. The molecule has 0 atom stereocenters. The van der Waals surface area contributed by atoms with Crippen LogP contribution >= 0.6 is 0 Å². The maximum Gasteiger partial charge on any atom is 0.251 e. The molecule has 0 spiro atoms. The van der Waals surface area contributed by atoms with Crippen LogP contribution in [0.4, 0.5) is 0 Å². The summed E-state index contributed by atoms with van der Waals surface area (Å²) >= 11 is 0. The third-order valence-electron chi connectivity index (χ3n) is 5.04. The lowest BCUT2D eigenvalue weighted by molar-refractivity contribution is -0.131. The summed E-state index contributed by atoms with van der Waals surface area (Å²) in [5.41, 5.74) is 2.52. The van der Waals surface area contributed by atoms with E-state index in [4.69, 9.17) is 4.98 Å². The number of amides is 2. The van der Waals surface area contributed by atoms with E-state index < -0.39 is 0 Å². The predicted molar refractivity (Wildman–Crippen MR) is 115 cm³/mol. The zero-order valence-electron chi connectivity index (χ0n) is 17.1. The quantitative estimate of drug-likeness (QED) is 0.569. The molecule has 0 aliphatic heterocycles. The van der Waals surface area contributed by atoms with E-state index in [0.29, 0.717) is 31.6 Å². The first-order valence-electron chi connectivity index (χ1n) is 10.2. The Labute approximate surface area is 171 Å². The van der Waals surface area contributed by atoms with Crippen molar-refractivity contribution in [2.45, 2.75) is 33.2 Å². The van der Waals surface area contributed by atoms with Gasteiger partial charge in [0.25, 0.3) is 5.91 Å². The Hall–Kier alpha value is -3.15. The molecule has 6 heteroatoms. The van der Waals surface area contributed by atoms with Gasteiger partial charge in [0.05, 0.1) is 11.0 Å². The average molecular weight is 393 g/mol. The molecular weight excluding hydrogens is 364 g/mol. The van der Waals surface area contributed by atoms with Crippen molar-refractivity contribution in [3.63, 3.8) is 0 Å². The lowest BCUT2D eigenvalue weighted by atomic mass is 10.2. The van der Waals surface area contributed by atoms with Gasteiger partial charge in [0.15, 0.2) is 0 Å². The van der Waals surface area contributed by atoms with E-state index in [1.165, 1.54) is 0 Å². The highest BCUT2D eigenvalue weighted by Crippen LogP contribution is 2.17. The Morgan fingerprint density at radius 1 is 1.00 bits per heavy atom. The maximum atomic E-state index is 12.7. The smallest absolute Gasteiger partial charge is 0.251 e. The second-order valence-electron chi connectivity index (χ2n) is 6.89. The monoisotopic (exact) mass is 392 g/mol. The Morgan fingerprint density at radius 2 is 1.69 bits per heavy atom. The normalized spacial score (nSPS) is 10.8. The highest BCUT2D eigenvalue weighted by atomic mass is 16.2. The molecule has 1 aromatic heterocycles. The van der Waals surface area contributed by atoms with Crippen LogP contribution in [0.2, 0.25) is 0 Å². The maximum absolute atomic E-state index is 12.7. The molecule has 152 valence electrons. The van der Waals surface area contributed by atoms with Crippen molar-refractivity contribution in [2.75, 3.05) is 19.6 Å². The van der Waals surface area contributed by atoms with Crippen LogP contribution in [0, 0.1) is 0 Å². The molecule has 0 fully saturated rings. The van der Waals surface area contributed by atoms with E-state index in [-0.39, 0.29) is 18.4 Å². The van der Waals surface area contributed by atoms with Gasteiger partial charge in [-0.05, 0) is 44.5 Å². The molecule has 3 rings (SSSR count). The molecule has 0 saturated carbocycles. The van der Waals surface area contributed by atoms with Crippen LogP contribution in [0.1, 0.15) is 36.5 Å². The Morgan fingerprint density at radius 3 is 2.41 bits per heavy atom. The van der Waals surface area contributed by atoms with Crippen molar-refractivity contribution in [1.29, 1.82) is 0 Å². The van der Waals surface area contributed by atoms with E-state index in [2.05, 4.69) is 5.32 Å². The molecule has 1 heterocycles. The van der Waals surface area contributed by atoms with Gasteiger partial charge in [0.2, 0.25) is 5.91 Å². The number of nitrogens with one attached hydrogen (secondary N) is 1. The zero-order valence-corrected chi connectivity index (χ0v) is 17.1. The average Bonchev–Trinajstić information content (AvgIpc) is 3.10. The van der Waals surface area contributed by atoms with Crippen LogP contribution in [0.3, 0.4) is 0 Å². The van der Waals surface area contributed by atoms with Gasteiger partial charge in [-0.15, -0.1) is 0 Å². The van der Waals surface area contributed by atoms with Crippen LogP contribution in [0.15, 0.2) is 54.6 Å². The number of benzene rings is 2. The van der Waals surface area contributed by atoms with Gasteiger partial charge in [-0.25, -0.2) is 4.98 Å². The summed E-state index contributed by atoms with van der Waals surface area (Å²) in [6, 6.07) is 17.1. The Bertz CT molecular complexity index is 961. The number of hydrogen-bond acceptors (Lipinski definition) is 3. The zero-order chi connectivity index (χ0) is 20.6. The SMILES string of the molecule is CCN(CC)C(=O)Cn1c(CCCNC(=O)c2ccccc2)nc2ccccc21. The molecule has 2 aromatic carbocycles. The molecule has 3 aromatic rings. The number of likely N-dealkylation sites (N-methyl/N-ethyl adjacent to an activating group) is 1. The van der Waals surface area contributed by atoms with Gasteiger partial charge < -0.3 is 14.8 Å². The van der Waals surface area contributed by atoms with E-state index >= 15 is 0 Å². The summed E-state index contributed by atoms with van der Waals surface area (Å²) in [4.78, 5) is 31.4. The fraction of sp³-hybridized carbons (Fsp3) is 0.348. The van der Waals surface area contributed by atoms with Crippen molar-refractivity contribution in [3.05, 3.63) is 66.0 Å². The molecule has 1 N–H and O–H groups in total. The van der Waals surface area contributed by atoms with E-state index in [1.807, 2.05) is 65.8 Å². The number of carbonyl (C=O) groups excluding carboxylic acids is 2. The minimum Gasteiger partial charge on any atom is -0.352 e. The summed E-state index contributed by atoms with van der Waals surface area (Å²) in [6.07, 6.45) is 1.44. The van der Waals surface area contributed by atoms with Crippen molar-refractivity contribution >= 4 is 22.8 Å². The highest BCUT2D eigenvalue weighted by molar-refractivity contribution is 5.94. The second-order valence-corrected chi connectivity index (χ2v) is 6.89. The fourth-order valence-corrected chi connectivity index (χ4v) is 3.44. The summed E-state index contributed by atoms with van der Waals surface area (Å²) in [5.74, 6) is 0.897. The van der Waals surface area contributed by atoms with Crippen molar-refractivity contribution in [3.8, 4) is 0 Å². The van der Waals surface area contributed by atoms with Crippen molar-refractivity contribution < 1.29 is 9.59 Å². The topological polar surface area (TPSA) is 67.2 Å². The Kier molecular flexibility index (Phi) is 7.00. The third-order valence-corrected chi connectivity index (χ3v) is 5.04. The number of nitrogens with zero attached hydrogens (tertiary/aromatic N) is 3. The number of rotatable bonds is 9. The molecule has 0 bridgehead atoms. The van der Waals surface area contributed by atoms with Crippen LogP contribution in [-0.2, 0) is 17.8 Å². The number of imidazole rings is 1. The summed E-state index contributed by atoms with van der Waals surface area (Å²) in [7, 11) is 0. The van der Waals surface area contributed by atoms with Crippen LogP contribution in [-0.4, -0.2) is 45.9 Å². The molecular formula is C23H28N4O2. The molecule has 6 nitrogen and oxygen atoms in total.